The molecule has 0 aliphatic heterocycles. The summed E-state index contributed by atoms with van der Waals surface area (Å²) < 4.78 is 3.35. The largest absolute Gasteiger partial charge is 0.329 e. The summed E-state index contributed by atoms with van der Waals surface area (Å²) >= 11 is 15.0. The average molecular weight is 355 g/mol. The number of rotatable bonds is 1. The number of aromatic amines is 1. The van der Waals surface area contributed by atoms with E-state index in [1.54, 1.807) is 0 Å². The molecule has 3 aromatic rings. The minimum absolute atomic E-state index is 0.581. The zero-order chi connectivity index (χ0) is 13.6. The molecule has 19 heavy (non-hydrogen) atoms. The standard InChI is InChI=1S/C13H9BrClN3S/c1-7-4-10-12(16-6-7)18(13(19)17-10)11-3-2-8(14)5-9(11)15/h2-6H,1H3,(H,17,19). The molecule has 3 rings (SSSR count). The average Bonchev–Trinajstić information content (AvgIpc) is 2.65. The van der Waals surface area contributed by atoms with Crippen molar-refractivity contribution in [2.75, 3.05) is 0 Å². The van der Waals surface area contributed by atoms with E-state index in [-0.39, 0.29) is 0 Å². The Morgan fingerprint density at radius 1 is 1.37 bits per heavy atom. The third-order valence-corrected chi connectivity index (χ3v) is 3.89. The highest BCUT2D eigenvalue weighted by atomic mass is 79.9. The molecule has 1 N–H and O–H groups in total. The number of nitrogens with zero attached hydrogens (tertiary/aromatic N) is 2. The number of aromatic nitrogens is 3. The van der Waals surface area contributed by atoms with Gasteiger partial charge in [0.25, 0.3) is 0 Å². The topological polar surface area (TPSA) is 33.6 Å². The number of H-pyrrole nitrogens is 1. The van der Waals surface area contributed by atoms with Crippen molar-refractivity contribution in [3.8, 4) is 5.69 Å². The van der Waals surface area contributed by atoms with Crippen molar-refractivity contribution in [1.29, 1.82) is 0 Å². The molecule has 0 bridgehead atoms. The first-order valence-electron chi connectivity index (χ1n) is 5.59. The summed E-state index contributed by atoms with van der Waals surface area (Å²) in [6, 6.07) is 7.69. The van der Waals surface area contributed by atoms with E-state index in [4.69, 9.17) is 23.8 Å². The van der Waals surface area contributed by atoms with E-state index < -0.39 is 0 Å². The first-order chi connectivity index (χ1) is 9.06. The SMILES string of the molecule is Cc1cnc2c(c1)[nH]c(=S)n2-c1ccc(Br)cc1Cl. The molecule has 0 radical (unpaired) electrons. The van der Waals surface area contributed by atoms with Crippen molar-refractivity contribution in [1.82, 2.24) is 14.5 Å². The molecule has 0 spiro atoms. The molecule has 2 aromatic heterocycles. The molecule has 0 saturated heterocycles. The van der Waals surface area contributed by atoms with Gasteiger partial charge in [-0.3, -0.25) is 4.57 Å². The van der Waals surface area contributed by atoms with Crippen molar-refractivity contribution >= 4 is 50.9 Å². The highest BCUT2D eigenvalue weighted by Crippen LogP contribution is 2.27. The number of hydrogen-bond acceptors (Lipinski definition) is 2. The van der Waals surface area contributed by atoms with Crippen LogP contribution < -0.4 is 0 Å². The lowest BCUT2D eigenvalue weighted by Crippen LogP contribution is -1.96. The van der Waals surface area contributed by atoms with Crippen molar-refractivity contribution in [2.45, 2.75) is 6.92 Å². The number of nitrogens with one attached hydrogen (secondary N) is 1. The van der Waals surface area contributed by atoms with Crippen LogP contribution in [0.2, 0.25) is 5.02 Å². The summed E-state index contributed by atoms with van der Waals surface area (Å²) in [5.74, 6) is 0. The molecule has 0 fully saturated rings. The predicted octanol–water partition coefficient (Wildman–Crippen LogP) is 4.81. The van der Waals surface area contributed by atoms with Crippen LogP contribution in [0.5, 0.6) is 0 Å². The number of fused-ring (bicyclic) bond motifs is 1. The van der Waals surface area contributed by atoms with Gasteiger partial charge >= 0.3 is 0 Å². The van der Waals surface area contributed by atoms with Gasteiger partial charge in [-0.25, -0.2) is 4.98 Å². The number of imidazole rings is 1. The maximum absolute atomic E-state index is 6.29. The van der Waals surface area contributed by atoms with Gasteiger partial charge in [0.2, 0.25) is 0 Å². The second-order valence-corrected chi connectivity index (χ2v) is 5.95. The maximum atomic E-state index is 6.29. The van der Waals surface area contributed by atoms with Gasteiger partial charge in [-0.1, -0.05) is 27.5 Å². The van der Waals surface area contributed by atoms with Crippen molar-refractivity contribution in [3.05, 3.63) is 50.3 Å². The highest BCUT2D eigenvalue weighted by molar-refractivity contribution is 9.10. The minimum Gasteiger partial charge on any atom is -0.329 e. The molecule has 6 heteroatoms. The monoisotopic (exact) mass is 353 g/mol. The Morgan fingerprint density at radius 3 is 2.89 bits per heavy atom. The summed E-state index contributed by atoms with van der Waals surface area (Å²) in [5.41, 5.74) is 3.58. The van der Waals surface area contributed by atoms with Crippen LogP contribution in [0.4, 0.5) is 0 Å². The Morgan fingerprint density at radius 2 is 2.16 bits per heavy atom. The van der Waals surface area contributed by atoms with Crippen LogP contribution in [-0.2, 0) is 0 Å². The van der Waals surface area contributed by atoms with E-state index in [1.807, 2.05) is 42.0 Å². The predicted molar refractivity (Wildman–Crippen MR) is 83.7 cm³/mol. The Labute approximate surface area is 128 Å². The molecule has 3 nitrogen and oxygen atoms in total. The van der Waals surface area contributed by atoms with E-state index in [2.05, 4.69) is 25.9 Å². The van der Waals surface area contributed by atoms with Gasteiger partial charge in [-0.15, -0.1) is 0 Å². The van der Waals surface area contributed by atoms with Gasteiger partial charge in [-0.05, 0) is 49.0 Å². The molecule has 0 unspecified atom stereocenters. The number of aryl methyl sites for hydroxylation is 1. The number of hydrogen-bond donors (Lipinski definition) is 1. The van der Waals surface area contributed by atoms with E-state index >= 15 is 0 Å². The second kappa shape index (κ2) is 4.74. The van der Waals surface area contributed by atoms with Crippen molar-refractivity contribution < 1.29 is 0 Å². The fraction of sp³-hybridized carbons (Fsp3) is 0.0769. The maximum Gasteiger partial charge on any atom is 0.184 e. The van der Waals surface area contributed by atoms with Gasteiger partial charge in [-0.2, -0.15) is 0 Å². The van der Waals surface area contributed by atoms with Crippen LogP contribution >= 0.6 is 39.7 Å². The van der Waals surface area contributed by atoms with Crippen LogP contribution in [0.1, 0.15) is 5.56 Å². The summed E-state index contributed by atoms with van der Waals surface area (Å²) in [4.78, 5) is 7.59. The zero-order valence-electron chi connectivity index (χ0n) is 9.95. The van der Waals surface area contributed by atoms with Gasteiger partial charge in [0.1, 0.15) is 0 Å². The first kappa shape index (κ1) is 12.8. The Kier molecular flexibility index (Phi) is 3.20. The molecule has 2 heterocycles. The number of benzene rings is 1. The number of halogens is 2. The zero-order valence-corrected chi connectivity index (χ0v) is 13.1. The summed E-state index contributed by atoms with van der Waals surface area (Å²) in [6.45, 7) is 1.99. The fourth-order valence-electron chi connectivity index (χ4n) is 1.99. The molecular weight excluding hydrogens is 346 g/mol. The molecular formula is C13H9BrClN3S. The van der Waals surface area contributed by atoms with Gasteiger partial charge in [0.05, 0.1) is 16.2 Å². The molecule has 96 valence electrons. The normalized spacial score (nSPS) is 11.1. The van der Waals surface area contributed by atoms with Gasteiger partial charge in [0, 0.05) is 10.7 Å². The van der Waals surface area contributed by atoms with Crippen LogP contribution in [0.15, 0.2) is 34.9 Å². The van der Waals surface area contributed by atoms with Crippen LogP contribution in [0, 0.1) is 11.7 Å². The van der Waals surface area contributed by atoms with Gasteiger partial charge < -0.3 is 4.98 Å². The van der Waals surface area contributed by atoms with E-state index in [9.17, 15) is 0 Å². The summed E-state index contributed by atoms with van der Waals surface area (Å²) in [6.07, 6.45) is 1.81. The van der Waals surface area contributed by atoms with Crippen molar-refractivity contribution in [3.63, 3.8) is 0 Å². The third kappa shape index (κ3) is 2.22. The van der Waals surface area contributed by atoms with Crippen LogP contribution in [0.3, 0.4) is 0 Å². The lowest BCUT2D eigenvalue weighted by molar-refractivity contribution is 1.04. The summed E-state index contributed by atoms with van der Waals surface area (Å²) in [7, 11) is 0. The molecule has 0 amide bonds. The van der Waals surface area contributed by atoms with Gasteiger partial charge in [0.15, 0.2) is 10.4 Å². The molecule has 0 atom stereocenters. The molecule has 0 aliphatic carbocycles. The van der Waals surface area contributed by atoms with Crippen molar-refractivity contribution in [2.24, 2.45) is 0 Å². The molecule has 0 aliphatic rings. The lowest BCUT2D eigenvalue weighted by atomic mass is 10.3. The Bertz CT molecular complexity index is 838. The number of pyridine rings is 1. The highest BCUT2D eigenvalue weighted by Gasteiger charge is 2.11. The van der Waals surface area contributed by atoms with E-state index in [0.29, 0.717) is 9.79 Å². The Hall–Kier alpha value is -1.17. The Balaban J connectivity index is 2.36. The second-order valence-electron chi connectivity index (χ2n) is 4.25. The molecule has 1 aromatic carbocycles. The lowest BCUT2D eigenvalue weighted by Gasteiger charge is -2.06. The quantitative estimate of drug-likeness (QED) is 0.636. The smallest absolute Gasteiger partial charge is 0.184 e. The minimum atomic E-state index is 0.581. The first-order valence-corrected chi connectivity index (χ1v) is 7.17. The fourth-order valence-corrected chi connectivity index (χ4v) is 3.04. The van der Waals surface area contributed by atoms with Crippen LogP contribution in [-0.4, -0.2) is 14.5 Å². The van der Waals surface area contributed by atoms with E-state index in [0.717, 1.165) is 26.9 Å². The van der Waals surface area contributed by atoms with Crippen LogP contribution in [0.25, 0.3) is 16.9 Å². The molecule has 0 saturated carbocycles. The van der Waals surface area contributed by atoms with E-state index in [1.165, 1.54) is 0 Å². The summed E-state index contributed by atoms with van der Waals surface area (Å²) in [5, 5.41) is 0.619. The third-order valence-electron chi connectivity index (χ3n) is 2.81.